The van der Waals surface area contributed by atoms with E-state index in [-0.39, 0.29) is 23.9 Å². The second-order valence-electron chi connectivity index (χ2n) is 7.63. The predicted molar refractivity (Wildman–Crippen MR) is 125 cm³/mol. The molecule has 0 fully saturated rings. The Morgan fingerprint density at radius 2 is 0.935 bits per heavy atom. The molecule has 2 nitrogen and oxygen atoms in total. The van der Waals surface area contributed by atoms with Gasteiger partial charge in [0.15, 0.2) is 11.6 Å². The Balaban J connectivity index is 1.80. The smallest absolute Gasteiger partial charge is 0.170 e. The summed E-state index contributed by atoms with van der Waals surface area (Å²) in [7, 11) is 0. The second kappa shape index (κ2) is 9.82. The van der Waals surface area contributed by atoms with Crippen LogP contribution >= 0.6 is 0 Å². The molecule has 2 atom stereocenters. The van der Waals surface area contributed by atoms with E-state index < -0.39 is 5.92 Å². The van der Waals surface area contributed by atoms with Gasteiger partial charge in [-0.15, -0.1) is 0 Å². The van der Waals surface area contributed by atoms with Gasteiger partial charge in [0.25, 0.3) is 0 Å². The number of hydrogen-bond donors (Lipinski definition) is 0. The van der Waals surface area contributed by atoms with Gasteiger partial charge in [0.05, 0.1) is 5.92 Å². The van der Waals surface area contributed by atoms with Crippen LogP contribution in [0.15, 0.2) is 121 Å². The zero-order valence-corrected chi connectivity index (χ0v) is 17.2. The van der Waals surface area contributed by atoms with Crippen LogP contribution in [0.25, 0.3) is 0 Å². The fourth-order valence-corrected chi connectivity index (χ4v) is 4.08. The minimum absolute atomic E-state index is 0.0292. The Morgan fingerprint density at radius 1 is 0.516 bits per heavy atom. The van der Waals surface area contributed by atoms with Crippen molar-refractivity contribution in [1.82, 2.24) is 0 Å². The lowest BCUT2D eigenvalue weighted by atomic mass is 9.74. The van der Waals surface area contributed by atoms with E-state index >= 15 is 0 Å². The zero-order valence-electron chi connectivity index (χ0n) is 17.2. The van der Waals surface area contributed by atoms with Crippen LogP contribution in [0.1, 0.15) is 50.1 Å². The monoisotopic (exact) mass is 404 g/mol. The highest BCUT2D eigenvalue weighted by Crippen LogP contribution is 2.39. The Kier molecular flexibility index (Phi) is 6.49. The molecule has 0 amide bonds. The summed E-state index contributed by atoms with van der Waals surface area (Å²) < 4.78 is 0. The topological polar surface area (TPSA) is 34.1 Å². The van der Waals surface area contributed by atoms with Crippen molar-refractivity contribution in [2.24, 2.45) is 0 Å². The van der Waals surface area contributed by atoms with Gasteiger partial charge in [0, 0.05) is 23.5 Å². The summed E-state index contributed by atoms with van der Waals surface area (Å²) in [5, 5.41) is 0. The van der Waals surface area contributed by atoms with Crippen LogP contribution in [0.3, 0.4) is 0 Å². The molecule has 4 aromatic rings. The Bertz CT molecular complexity index is 1120. The number of Topliss-reactive ketones (excluding diaryl/α,β-unsaturated/α-hetero) is 2. The average Bonchev–Trinajstić information content (AvgIpc) is 2.85. The van der Waals surface area contributed by atoms with Crippen molar-refractivity contribution < 1.29 is 9.59 Å². The van der Waals surface area contributed by atoms with Crippen molar-refractivity contribution in [3.63, 3.8) is 0 Å². The molecular weight excluding hydrogens is 380 g/mol. The van der Waals surface area contributed by atoms with Gasteiger partial charge in [-0.05, 0) is 11.1 Å². The number of carbonyl (C=O) groups is 2. The molecule has 31 heavy (non-hydrogen) atoms. The molecule has 4 rings (SSSR count). The van der Waals surface area contributed by atoms with Crippen LogP contribution in [0, 0.1) is 0 Å². The van der Waals surface area contributed by atoms with E-state index in [1.165, 1.54) is 0 Å². The molecule has 0 bridgehead atoms. The summed E-state index contributed by atoms with van der Waals surface area (Å²) in [4.78, 5) is 27.0. The van der Waals surface area contributed by atoms with Crippen LogP contribution in [-0.4, -0.2) is 11.6 Å². The van der Waals surface area contributed by atoms with Crippen LogP contribution < -0.4 is 0 Å². The van der Waals surface area contributed by atoms with Crippen LogP contribution in [0.5, 0.6) is 0 Å². The first-order valence-electron chi connectivity index (χ1n) is 10.5. The number of benzene rings is 4. The van der Waals surface area contributed by atoms with Gasteiger partial charge in [-0.1, -0.05) is 121 Å². The molecule has 0 spiro atoms. The van der Waals surface area contributed by atoms with Crippen molar-refractivity contribution in [1.29, 1.82) is 0 Å². The number of carbonyl (C=O) groups excluding carboxylic acids is 2. The van der Waals surface area contributed by atoms with Crippen LogP contribution in [-0.2, 0) is 0 Å². The zero-order chi connectivity index (χ0) is 21.5. The summed E-state index contributed by atoms with van der Waals surface area (Å²) in [6, 6.07) is 38.4. The largest absolute Gasteiger partial charge is 0.294 e. The number of rotatable bonds is 8. The first-order chi connectivity index (χ1) is 15.2. The van der Waals surface area contributed by atoms with E-state index in [0.29, 0.717) is 11.1 Å². The molecule has 0 heterocycles. The third kappa shape index (κ3) is 4.87. The van der Waals surface area contributed by atoms with E-state index in [1.807, 2.05) is 121 Å². The maximum Gasteiger partial charge on any atom is 0.170 e. The highest BCUT2D eigenvalue weighted by Gasteiger charge is 2.33. The molecule has 0 aliphatic carbocycles. The first-order valence-corrected chi connectivity index (χ1v) is 10.5. The van der Waals surface area contributed by atoms with Gasteiger partial charge in [0.2, 0.25) is 0 Å². The minimum Gasteiger partial charge on any atom is -0.294 e. The average molecular weight is 405 g/mol. The lowest BCUT2D eigenvalue weighted by molar-refractivity contribution is 0.0921. The molecule has 0 aromatic heterocycles. The van der Waals surface area contributed by atoms with E-state index in [9.17, 15) is 9.59 Å². The van der Waals surface area contributed by atoms with E-state index in [0.717, 1.165) is 11.1 Å². The van der Waals surface area contributed by atoms with Crippen LogP contribution in [0.4, 0.5) is 0 Å². The second-order valence-corrected chi connectivity index (χ2v) is 7.63. The lowest BCUT2D eigenvalue weighted by Gasteiger charge is -2.27. The Morgan fingerprint density at radius 3 is 1.45 bits per heavy atom. The normalized spacial score (nSPS) is 12.6. The van der Waals surface area contributed by atoms with Gasteiger partial charge in [-0.25, -0.2) is 0 Å². The summed E-state index contributed by atoms with van der Waals surface area (Å²) in [5.74, 6) is -0.666. The molecule has 0 radical (unpaired) electrons. The van der Waals surface area contributed by atoms with Crippen molar-refractivity contribution in [2.75, 3.05) is 0 Å². The molecule has 0 aliphatic rings. The van der Waals surface area contributed by atoms with E-state index in [2.05, 4.69) is 0 Å². The molecule has 4 aromatic carbocycles. The fourth-order valence-electron chi connectivity index (χ4n) is 4.08. The maximum absolute atomic E-state index is 13.8. The first kappa shape index (κ1) is 20.5. The minimum atomic E-state index is -0.460. The highest BCUT2D eigenvalue weighted by atomic mass is 16.1. The quantitative estimate of drug-likeness (QED) is 0.306. The molecule has 2 heteroatoms. The SMILES string of the molecule is O=C(C[C@H](c1ccccc1)[C@H](C(=O)c1ccccc1)c1ccccc1)c1ccccc1. The van der Waals surface area contributed by atoms with Crippen molar-refractivity contribution in [3.8, 4) is 0 Å². The molecular formula is C29H24O2. The summed E-state index contributed by atoms with van der Waals surface area (Å²) in [6.45, 7) is 0. The van der Waals surface area contributed by atoms with Gasteiger partial charge >= 0.3 is 0 Å². The van der Waals surface area contributed by atoms with Gasteiger partial charge in [0.1, 0.15) is 0 Å². The summed E-state index contributed by atoms with van der Waals surface area (Å²) >= 11 is 0. The van der Waals surface area contributed by atoms with Crippen molar-refractivity contribution >= 4 is 11.6 Å². The summed E-state index contributed by atoms with van der Waals surface area (Å²) in [6.07, 6.45) is 0.256. The van der Waals surface area contributed by atoms with E-state index in [1.54, 1.807) is 0 Å². The molecule has 152 valence electrons. The Hall–Kier alpha value is -3.78. The third-order valence-electron chi connectivity index (χ3n) is 5.63. The standard InChI is InChI=1S/C29H24O2/c30-27(23-15-7-2-8-16-23)21-26(22-13-5-1-6-14-22)28(24-17-9-3-10-18-24)29(31)25-19-11-4-12-20-25/h1-20,26,28H,21H2/t26-,28-/m1/s1. The maximum atomic E-state index is 13.8. The molecule has 0 saturated carbocycles. The summed E-state index contributed by atoms with van der Waals surface area (Å²) in [5.41, 5.74) is 3.24. The van der Waals surface area contributed by atoms with Crippen LogP contribution in [0.2, 0.25) is 0 Å². The van der Waals surface area contributed by atoms with Gasteiger partial charge in [-0.2, -0.15) is 0 Å². The van der Waals surface area contributed by atoms with Gasteiger partial charge in [-0.3, -0.25) is 9.59 Å². The van der Waals surface area contributed by atoms with Crippen molar-refractivity contribution in [2.45, 2.75) is 18.3 Å². The predicted octanol–water partition coefficient (Wildman–Crippen LogP) is 6.71. The fraction of sp³-hybridized carbons (Fsp3) is 0.103. The van der Waals surface area contributed by atoms with Crippen molar-refractivity contribution in [3.05, 3.63) is 144 Å². The molecule has 0 aliphatic heterocycles. The molecule has 0 saturated heterocycles. The molecule has 0 N–H and O–H groups in total. The lowest BCUT2D eigenvalue weighted by Crippen LogP contribution is -2.23. The van der Waals surface area contributed by atoms with E-state index in [4.69, 9.17) is 0 Å². The Labute approximate surface area is 183 Å². The third-order valence-corrected chi connectivity index (χ3v) is 5.63. The van der Waals surface area contributed by atoms with Gasteiger partial charge < -0.3 is 0 Å². The number of hydrogen-bond acceptors (Lipinski definition) is 2. The highest BCUT2D eigenvalue weighted by molar-refractivity contribution is 6.03. The number of ketones is 2. The molecule has 0 unspecified atom stereocenters.